The zero-order valence-electron chi connectivity index (χ0n) is 14.3. The molecule has 0 radical (unpaired) electrons. The van der Waals surface area contributed by atoms with Crippen LogP contribution in [0.4, 0.5) is 0 Å². The largest absolute Gasteiger partial charge is 0.494 e. The quantitative estimate of drug-likeness (QED) is 0.673. The van der Waals surface area contributed by atoms with E-state index in [4.69, 9.17) is 9.47 Å². The van der Waals surface area contributed by atoms with E-state index in [9.17, 15) is 14.4 Å². The second-order valence-electron chi connectivity index (χ2n) is 5.27. The fourth-order valence-corrected chi connectivity index (χ4v) is 1.84. The lowest BCUT2D eigenvalue weighted by Gasteiger charge is -2.11. The molecule has 2 amide bonds. The highest BCUT2D eigenvalue weighted by Crippen LogP contribution is 2.19. The lowest BCUT2D eigenvalue weighted by atomic mass is 10.1. The normalized spacial score (nSPS) is 9.96. The number of nitrogens with one attached hydrogen (secondary N) is 1. The third-order valence-corrected chi connectivity index (χ3v) is 3.17. The fourth-order valence-electron chi connectivity index (χ4n) is 1.84. The molecular formula is C17H24N2O5. The van der Waals surface area contributed by atoms with Crippen molar-refractivity contribution >= 4 is 17.8 Å². The lowest BCUT2D eigenvalue weighted by molar-refractivity contribution is -0.148. The molecule has 7 nitrogen and oxygen atoms in total. The van der Waals surface area contributed by atoms with Gasteiger partial charge in [-0.05, 0) is 25.0 Å². The average molecular weight is 336 g/mol. The highest BCUT2D eigenvalue weighted by Gasteiger charge is 2.11. The summed E-state index contributed by atoms with van der Waals surface area (Å²) in [5, 5.41) is 2.39. The number of rotatable bonds is 9. The SMILES string of the molecule is CCOc1ccccc1CCC(=O)OCC(=O)NCC(=O)N(C)C. The number of carbonyl (C=O) groups is 3. The Labute approximate surface area is 141 Å². The summed E-state index contributed by atoms with van der Waals surface area (Å²) < 4.78 is 10.4. The zero-order valence-corrected chi connectivity index (χ0v) is 14.3. The third-order valence-electron chi connectivity index (χ3n) is 3.17. The number of carbonyl (C=O) groups excluding carboxylic acids is 3. The van der Waals surface area contributed by atoms with E-state index in [-0.39, 0.29) is 18.9 Å². The number of likely N-dealkylation sites (N-methyl/N-ethyl adjacent to an activating group) is 1. The van der Waals surface area contributed by atoms with E-state index in [1.807, 2.05) is 31.2 Å². The molecule has 0 fully saturated rings. The third kappa shape index (κ3) is 7.13. The summed E-state index contributed by atoms with van der Waals surface area (Å²) in [5.74, 6) is -0.474. The van der Waals surface area contributed by atoms with Gasteiger partial charge in [-0.15, -0.1) is 0 Å². The zero-order chi connectivity index (χ0) is 17.9. The highest BCUT2D eigenvalue weighted by molar-refractivity contribution is 5.86. The van der Waals surface area contributed by atoms with E-state index in [0.717, 1.165) is 11.3 Å². The van der Waals surface area contributed by atoms with Gasteiger partial charge < -0.3 is 19.7 Å². The molecule has 0 spiro atoms. The Bertz CT molecular complexity index is 572. The van der Waals surface area contributed by atoms with Gasteiger partial charge in [-0.25, -0.2) is 0 Å². The summed E-state index contributed by atoms with van der Waals surface area (Å²) in [6.45, 7) is 1.93. The van der Waals surface area contributed by atoms with Gasteiger partial charge in [-0.3, -0.25) is 14.4 Å². The van der Waals surface area contributed by atoms with Crippen LogP contribution in [-0.2, 0) is 25.5 Å². The molecule has 24 heavy (non-hydrogen) atoms. The predicted molar refractivity (Wildman–Crippen MR) is 88.6 cm³/mol. The van der Waals surface area contributed by atoms with Crippen LogP contribution in [0.3, 0.4) is 0 Å². The number of ether oxygens (including phenoxy) is 2. The van der Waals surface area contributed by atoms with Crippen LogP contribution < -0.4 is 10.1 Å². The van der Waals surface area contributed by atoms with E-state index in [0.29, 0.717) is 13.0 Å². The van der Waals surface area contributed by atoms with Crippen molar-refractivity contribution in [2.45, 2.75) is 19.8 Å². The topological polar surface area (TPSA) is 84.9 Å². The number of esters is 1. The van der Waals surface area contributed by atoms with Gasteiger partial charge in [0.25, 0.3) is 5.91 Å². The fraction of sp³-hybridized carbons (Fsp3) is 0.471. The minimum Gasteiger partial charge on any atom is -0.494 e. The summed E-state index contributed by atoms with van der Waals surface area (Å²) in [6.07, 6.45) is 0.615. The summed E-state index contributed by atoms with van der Waals surface area (Å²) in [6, 6.07) is 7.47. The van der Waals surface area contributed by atoms with Crippen LogP contribution in [0.5, 0.6) is 5.75 Å². The van der Waals surface area contributed by atoms with Crippen LogP contribution in [0.15, 0.2) is 24.3 Å². The maximum absolute atomic E-state index is 11.7. The Hall–Kier alpha value is -2.57. The lowest BCUT2D eigenvalue weighted by Crippen LogP contribution is -2.38. The minimum atomic E-state index is -0.506. The molecule has 0 aliphatic carbocycles. The molecule has 0 atom stereocenters. The van der Waals surface area contributed by atoms with Crippen molar-refractivity contribution in [2.24, 2.45) is 0 Å². The Kier molecular flexibility index (Phi) is 8.32. The van der Waals surface area contributed by atoms with E-state index in [2.05, 4.69) is 5.32 Å². The molecule has 1 N–H and O–H groups in total. The first-order chi connectivity index (χ1) is 11.4. The van der Waals surface area contributed by atoms with Gasteiger partial charge in [-0.1, -0.05) is 18.2 Å². The number of amides is 2. The molecule has 1 aromatic carbocycles. The van der Waals surface area contributed by atoms with Crippen LogP contribution in [0.1, 0.15) is 18.9 Å². The molecule has 0 aliphatic rings. The molecule has 0 bridgehead atoms. The maximum Gasteiger partial charge on any atom is 0.306 e. The van der Waals surface area contributed by atoms with Crippen molar-refractivity contribution in [3.05, 3.63) is 29.8 Å². The maximum atomic E-state index is 11.7. The second kappa shape index (κ2) is 10.3. The molecule has 1 rings (SSSR count). The van der Waals surface area contributed by atoms with Gasteiger partial charge in [-0.2, -0.15) is 0 Å². The first kappa shape index (κ1) is 19.5. The van der Waals surface area contributed by atoms with Gasteiger partial charge in [0, 0.05) is 20.5 Å². The first-order valence-corrected chi connectivity index (χ1v) is 7.77. The van der Waals surface area contributed by atoms with Crippen LogP contribution >= 0.6 is 0 Å². The van der Waals surface area contributed by atoms with Crippen molar-refractivity contribution < 1.29 is 23.9 Å². The summed E-state index contributed by atoms with van der Waals surface area (Å²) in [7, 11) is 3.18. The number of hydrogen-bond donors (Lipinski definition) is 1. The Morgan fingerprint density at radius 3 is 2.54 bits per heavy atom. The number of hydrogen-bond acceptors (Lipinski definition) is 5. The van der Waals surface area contributed by atoms with E-state index in [1.165, 1.54) is 4.90 Å². The average Bonchev–Trinajstić information content (AvgIpc) is 2.57. The summed E-state index contributed by atoms with van der Waals surface area (Å²) in [4.78, 5) is 35.9. The smallest absolute Gasteiger partial charge is 0.306 e. The second-order valence-corrected chi connectivity index (χ2v) is 5.27. The number of nitrogens with zero attached hydrogens (tertiary/aromatic N) is 1. The molecule has 0 saturated carbocycles. The molecule has 1 aromatic rings. The number of benzene rings is 1. The van der Waals surface area contributed by atoms with E-state index < -0.39 is 18.5 Å². The standard InChI is InChI=1S/C17H24N2O5/c1-4-23-14-8-6-5-7-13(14)9-10-17(22)24-12-15(20)18-11-16(21)19(2)3/h5-8H,4,9-12H2,1-3H3,(H,18,20). The Morgan fingerprint density at radius 1 is 1.17 bits per heavy atom. The van der Waals surface area contributed by atoms with E-state index in [1.54, 1.807) is 14.1 Å². The van der Waals surface area contributed by atoms with Crippen LogP contribution in [-0.4, -0.2) is 56.5 Å². The van der Waals surface area contributed by atoms with Crippen LogP contribution in [0, 0.1) is 0 Å². The predicted octanol–water partition coefficient (Wildman–Crippen LogP) is 0.766. The van der Waals surface area contributed by atoms with Crippen molar-refractivity contribution in [3.63, 3.8) is 0 Å². The van der Waals surface area contributed by atoms with Crippen molar-refractivity contribution in [1.29, 1.82) is 0 Å². The summed E-state index contributed by atoms with van der Waals surface area (Å²) in [5.41, 5.74) is 0.914. The molecule has 7 heteroatoms. The Morgan fingerprint density at radius 2 is 1.88 bits per heavy atom. The molecule has 0 unspecified atom stereocenters. The first-order valence-electron chi connectivity index (χ1n) is 7.77. The van der Waals surface area contributed by atoms with Gasteiger partial charge in [0.1, 0.15) is 5.75 Å². The molecular weight excluding hydrogens is 312 g/mol. The molecule has 0 heterocycles. The van der Waals surface area contributed by atoms with Gasteiger partial charge >= 0.3 is 5.97 Å². The van der Waals surface area contributed by atoms with E-state index >= 15 is 0 Å². The highest BCUT2D eigenvalue weighted by atomic mass is 16.5. The molecule has 132 valence electrons. The van der Waals surface area contributed by atoms with Gasteiger partial charge in [0.2, 0.25) is 5.91 Å². The minimum absolute atomic E-state index is 0.120. The van der Waals surface area contributed by atoms with Crippen LogP contribution in [0.2, 0.25) is 0 Å². The van der Waals surface area contributed by atoms with Crippen LogP contribution in [0.25, 0.3) is 0 Å². The van der Waals surface area contributed by atoms with Crippen molar-refractivity contribution in [3.8, 4) is 5.75 Å². The molecule has 0 aromatic heterocycles. The van der Waals surface area contributed by atoms with Crippen molar-refractivity contribution in [1.82, 2.24) is 10.2 Å². The number of aryl methyl sites for hydroxylation is 1. The molecule has 0 aliphatic heterocycles. The monoisotopic (exact) mass is 336 g/mol. The van der Waals surface area contributed by atoms with Gasteiger partial charge in [0.15, 0.2) is 6.61 Å². The Balaban J connectivity index is 2.32. The number of para-hydroxylation sites is 1. The van der Waals surface area contributed by atoms with Crippen molar-refractivity contribution in [2.75, 3.05) is 33.9 Å². The van der Waals surface area contributed by atoms with Gasteiger partial charge in [0.05, 0.1) is 13.2 Å². The summed E-state index contributed by atoms with van der Waals surface area (Å²) >= 11 is 0. The molecule has 0 saturated heterocycles.